The van der Waals surface area contributed by atoms with Crippen molar-refractivity contribution >= 4 is 26.7 Å². The third kappa shape index (κ3) is 4.33. The number of ether oxygens (including phenoxy) is 1. The number of rotatable bonds is 6. The summed E-state index contributed by atoms with van der Waals surface area (Å²) in [6.45, 7) is 2.90. The standard InChI is InChI=1S/C11H16BrNO2S/c1-2-15-10(7-13)8-16(14)11-5-3-9(12)4-6-11/h3-6,10H,2,7-8,13H2,1H3. The summed E-state index contributed by atoms with van der Waals surface area (Å²) in [6.07, 6.45) is -0.130. The van der Waals surface area contributed by atoms with Gasteiger partial charge in [0.1, 0.15) is 0 Å². The average Bonchev–Trinajstić information content (AvgIpc) is 2.29. The molecule has 2 N–H and O–H groups in total. The van der Waals surface area contributed by atoms with Gasteiger partial charge in [-0.1, -0.05) is 15.9 Å². The van der Waals surface area contributed by atoms with E-state index in [9.17, 15) is 4.21 Å². The van der Waals surface area contributed by atoms with Crippen molar-refractivity contribution in [1.29, 1.82) is 0 Å². The van der Waals surface area contributed by atoms with Crippen molar-refractivity contribution in [2.45, 2.75) is 17.9 Å². The largest absolute Gasteiger partial charge is 0.376 e. The van der Waals surface area contributed by atoms with Crippen LogP contribution < -0.4 is 5.73 Å². The van der Waals surface area contributed by atoms with Gasteiger partial charge in [-0.25, -0.2) is 0 Å². The van der Waals surface area contributed by atoms with E-state index in [1.807, 2.05) is 31.2 Å². The molecule has 1 rings (SSSR count). The van der Waals surface area contributed by atoms with Crippen molar-refractivity contribution in [1.82, 2.24) is 0 Å². The highest BCUT2D eigenvalue weighted by molar-refractivity contribution is 9.10. The molecule has 0 amide bonds. The monoisotopic (exact) mass is 305 g/mol. The second kappa shape index (κ2) is 7.17. The molecule has 5 heteroatoms. The molecule has 0 aliphatic rings. The topological polar surface area (TPSA) is 52.3 Å². The Kier molecular flexibility index (Phi) is 6.20. The second-order valence-corrected chi connectivity index (χ2v) is 5.69. The molecule has 1 aromatic carbocycles. The maximum absolute atomic E-state index is 12.0. The first-order chi connectivity index (χ1) is 7.67. The summed E-state index contributed by atoms with van der Waals surface area (Å²) in [6, 6.07) is 7.45. The summed E-state index contributed by atoms with van der Waals surface area (Å²) >= 11 is 3.34. The van der Waals surface area contributed by atoms with Gasteiger partial charge in [0.15, 0.2) is 0 Å². The van der Waals surface area contributed by atoms with E-state index in [2.05, 4.69) is 15.9 Å². The second-order valence-electron chi connectivity index (χ2n) is 3.28. The van der Waals surface area contributed by atoms with E-state index in [-0.39, 0.29) is 6.10 Å². The van der Waals surface area contributed by atoms with Crippen LogP contribution in [0.25, 0.3) is 0 Å². The zero-order chi connectivity index (χ0) is 12.0. The van der Waals surface area contributed by atoms with Gasteiger partial charge in [-0.15, -0.1) is 0 Å². The van der Waals surface area contributed by atoms with Crippen molar-refractivity contribution in [3.63, 3.8) is 0 Å². The Balaban J connectivity index is 2.60. The molecule has 0 fully saturated rings. The van der Waals surface area contributed by atoms with Crippen molar-refractivity contribution in [2.24, 2.45) is 5.73 Å². The fourth-order valence-corrected chi connectivity index (χ4v) is 2.74. The Morgan fingerprint density at radius 3 is 2.56 bits per heavy atom. The molecule has 0 saturated carbocycles. The molecule has 0 bridgehead atoms. The van der Waals surface area contributed by atoms with Crippen LogP contribution in [0, 0.1) is 0 Å². The third-order valence-corrected chi connectivity index (χ3v) is 4.08. The maximum Gasteiger partial charge on any atom is 0.0815 e. The minimum absolute atomic E-state index is 0.130. The molecular formula is C11H16BrNO2S. The molecule has 0 spiro atoms. The average molecular weight is 306 g/mol. The summed E-state index contributed by atoms with van der Waals surface area (Å²) in [5, 5.41) is 0. The minimum atomic E-state index is -1.05. The van der Waals surface area contributed by atoms with E-state index >= 15 is 0 Å². The Morgan fingerprint density at radius 2 is 2.06 bits per heavy atom. The van der Waals surface area contributed by atoms with Gasteiger partial charge in [0.2, 0.25) is 0 Å². The fraction of sp³-hybridized carbons (Fsp3) is 0.455. The number of benzene rings is 1. The summed E-state index contributed by atoms with van der Waals surface area (Å²) in [5.41, 5.74) is 5.54. The predicted molar refractivity (Wildman–Crippen MR) is 69.9 cm³/mol. The van der Waals surface area contributed by atoms with E-state index < -0.39 is 10.8 Å². The lowest BCUT2D eigenvalue weighted by Crippen LogP contribution is -2.29. The normalized spacial score (nSPS) is 14.7. The lowest BCUT2D eigenvalue weighted by molar-refractivity contribution is 0.0852. The van der Waals surface area contributed by atoms with Crippen LogP contribution in [0.4, 0.5) is 0 Å². The molecule has 0 aliphatic carbocycles. The summed E-state index contributed by atoms with van der Waals surface area (Å²) < 4.78 is 18.3. The third-order valence-electron chi connectivity index (χ3n) is 2.08. The van der Waals surface area contributed by atoms with Gasteiger partial charge in [0, 0.05) is 22.5 Å². The lowest BCUT2D eigenvalue weighted by atomic mass is 10.4. The van der Waals surface area contributed by atoms with Gasteiger partial charge in [-0.2, -0.15) is 0 Å². The van der Waals surface area contributed by atoms with Crippen LogP contribution in [0.15, 0.2) is 33.6 Å². The first-order valence-corrected chi connectivity index (χ1v) is 7.24. The zero-order valence-electron chi connectivity index (χ0n) is 9.19. The maximum atomic E-state index is 12.0. The van der Waals surface area contributed by atoms with Gasteiger partial charge in [-0.05, 0) is 31.2 Å². The Morgan fingerprint density at radius 1 is 1.44 bits per heavy atom. The summed E-state index contributed by atoms with van der Waals surface area (Å²) in [7, 11) is -1.05. The minimum Gasteiger partial charge on any atom is -0.376 e. The first-order valence-electron chi connectivity index (χ1n) is 5.13. The van der Waals surface area contributed by atoms with Crippen LogP contribution in [0.1, 0.15) is 6.92 Å². The summed E-state index contributed by atoms with van der Waals surface area (Å²) in [5.74, 6) is 0.450. The van der Waals surface area contributed by atoms with Crippen LogP contribution >= 0.6 is 15.9 Å². The predicted octanol–water partition coefficient (Wildman–Crippen LogP) is 1.92. The molecular weight excluding hydrogens is 290 g/mol. The quantitative estimate of drug-likeness (QED) is 0.873. The highest BCUT2D eigenvalue weighted by Crippen LogP contribution is 2.14. The molecule has 0 aliphatic heterocycles. The van der Waals surface area contributed by atoms with Crippen molar-refractivity contribution < 1.29 is 8.95 Å². The fourth-order valence-electron chi connectivity index (χ4n) is 1.27. The Labute approximate surface area is 107 Å². The van der Waals surface area contributed by atoms with Gasteiger partial charge >= 0.3 is 0 Å². The van der Waals surface area contributed by atoms with Crippen LogP contribution in [-0.4, -0.2) is 29.2 Å². The van der Waals surface area contributed by atoms with Gasteiger partial charge < -0.3 is 10.5 Å². The van der Waals surface area contributed by atoms with Crippen LogP contribution in [0.3, 0.4) is 0 Å². The van der Waals surface area contributed by atoms with Crippen LogP contribution in [0.2, 0.25) is 0 Å². The van der Waals surface area contributed by atoms with E-state index in [1.165, 1.54) is 0 Å². The van der Waals surface area contributed by atoms with Gasteiger partial charge in [-0.3, -0.25) is 4.21 Å². The van der Waals surface area contributed by atoms with E-state index in [4.69, 9.17) is 10.5 Å². The number of nitrogens with two attached hydrogens (primary N) is 1. The van der Waals surface area contributed by atoms with Crippen molar-refractivity contribution in [3.8, 4) is 0 Å². The highest BCUT2D eigenvalue weighted by Gasteiger charge is 2.12. The molecule has 0 saturated heterocycles. The lowest BCUT2D eigenvalue weighted by Gasteiger charge is -2.14. The molecule has 2 atom stereocenters. The molecule has 0 aromatic heterocycles. The van der Waals surface area contributed by atoms with E-state index in [0.717, 1.165) is 9.37 Å². The summed E-state index contributed by atoms with van der Waals surface area (Å²) in [4.78, 5) is 0.807. The van der Waals surface area contributed by atoms with Gasteiger partial charge in [0.25, 0.3) is 0 Å². The molecule has 3 nitrogen and oxygen atoms in total. The number of hydrogen-bond donors (Lipinski definition) is 1. The van der Waals surface area contributed by atoms with Gasteiger partial charge in [0.05, 0.1) is 22.7 Å². The molecule has 2 unspecified atom stereocenters. The van der Waals surface area contributed by atoms with E-state index in [0.29, 0.717) is 18.9 Å². The molecule has 16 heavy (non-hydrogen) atoms. The van der Waals surface area contributed by atoms with Crippen LogP contribution in [-0.2, 0) is 15.5 Å². The molecule has 1 aromatic rings. The van der Waals surface area contributed by atoms with Crippen molar-refractivity contribution in [2.75, 3.05) is 18.9 Å². The molecule has 0 heterocycles. The zero-order valence-corrected chi connectivity index (χ0v) is 11.6. The smallest absolute Gasteiger partial charge is 0.0815 e. The van der Waals surface area contributed by atoms with E-state index in [1.54, 1.807) is 0 Å². The van der Waals surface area contributed by atoms with Crippen LogP contribution in [0.5, 0.6) is 0 Å². The number of hydrogen-bond acceptors (Lipinski definition) is 3. The van der Waals surface area contributed by atoms with Crippen molar-refractivity contribution in [3.05, 3.63) is 28.7 Å². The highest BCUT2D eigenvalue weighted by atomic mass is 79.9. The molecule has 90 valence electrons. The SMILES string of the molecule is CCOC(CN)CS(=O)c1ccc(Br)cc1. The molecule has 0 radical (unpaired) electrons. The first kappa shape index (κ1) is 13.8. The Hall–Kier alpha value is -0.230. The number of halogens is 1. The Bertz CT molecular complexity index is 342.